The summed E-state index contributed by atoms with van der Waals surface area (Å²) in [6.07, 6.45) is -0.569. The molecule has 0 amide bonds. The van der Waals surface area contributed by atoms with E-state index < -0.39 is 12.1 Å². The number of para-hydroxylation sites is 1. The van der Waals surface area contributed by atoms with Gasteiger partial charge in [0.1, 0.15) is 5.75 Å². The van der Waals surface area contributed by atoms with Crippen molar-refractivity contribution < 1.29 is 14.6 Å². The minimum atomic E-state index is -0.948. The summed E-state index contributed by atoms with van der Waals surface area (Å²) in [6, 6.07) is 15.8. The van der Waals surface area contributed by atoms with Crippen LogP contribution >= 0.6 is 0 Å². The first kappa shape index (κ1) is 19.0. The summed E-state index contributed by atoms with van der Waals surface area (Å²) in [5.74, 6) is 0.150. The normalized spacial score (nSPS) is 12.9. The third-order valence-corrected chi connectivity index (χ3v) is 4.31. The highest BCUT2D eigenvalue weighted by atomic mass is 16.5. The Morgan fingerprint density at radius 1 is 1.04 bits per heavy atom. The molecular formula is C22H28O3. The topological polar surface area (TPSA) is 46.5 Å². The highest BCUT2D eigenvalue weighted by Gasteiger charge is 2.24. The third kappa shape index (κ3) is 5.09. The number of hydrogen-bond donors (Lipinski definition) is 1. The molecule has 0 saturated carbocycles. The maximum absolute atomic E-state index is 11.7. The van der Waals surface area contributed by atoms with Crippen LogP contribution in [-0.2, 0) is 16.6 Å². The van der Waals surface area contributed by atoms with Crippen molar-refractivity contribution in [1.29, 1.82) is 0 Å². The molecule has 2 aromatic carbocycles. The molecule has 0 aliphatic rings. The van der Waals surface area contributed by atoms with Gasteiger partial charge in [0, 0.05) is 6.42 Å². The summed E-state index contributed by atoms with van der Waals surface area (Å²) in [5, 5.41) is 9.61. The molecule has 3 heteroatoms. The summed E-state index contributed by atoms with van der Waals surface area (Å²) in [6.45, 7) is 10.6. The minimum absolute atomic E-state index is 0.113. The van der Waals surface area contributed by atoms with Gasteiger partial charge >= 0.3 is 5.97 Å². The maximum atomic E-state index is 11.7. The van der Waals surface area contributed by atoms with E-state index in [0.29, 0.717) is 18.1 Å². The Labute approximate surface area is 150 Å². The van der Waals surface area contributed by atoms with Crippen LogP contribution in [0.2, 0.25) is 0 Å². The molecule has 0 radical (unpaired) electrons. The number of aliphatic carboxylic acids is 1. The first-order valence-corrected chi connectivity index (χ1v) is 8.76. The molecule has 0 aliphatic carbocycles. The first-order valence-electron chi connectivity index (χ1n) is 8.76. The molecule has 2 rings (SSSR count). The zero-order chi connectivity index (χ0) is 18.6. The third-order valence-electron chi connectivity index (χ3n) is 4.31. The van der Waals surface area contributed by atoms with E-state index in [0.717, 1.165) is 11.1 Å². The summed E-state index contributed by atoms with van der Waals surface area (Å²) in [4.78, 5) is 11.7. The number of ether oxygens (including phenoxy) is 1. The van der Waals surface area contributed by atoms with Crippen LogP contribution in [0, 0.1) is 0 Å². The van der Waals surface area contributed by atoms with Crippen LogP contribution in [0.1, 0.15) is 57.2 Å². The van der Waals surface area contributed by atoms with Crippen molar-refractivity contribution in [2.45, 2.75) is 58.5 Å². The molecule has 0 spiro atoms. The molecule has 0 fully saturated rings. The highest BCUT2D eigenvalue weighted by Crippen LogP contribution is 2.32. The fourth-order valence-corrected chi connectivity index (χ4v) is 2.77. The van der Waals surface area contributed by atoms with Crippen molar-refractivity contribution in [3.8, 4) is 5.75 Å². The lowest BCUT2D eigenvalue weighted by molar-refractivity contribution is -0.145. The van der Waals surface area contributed by atoms with Crippen molar-refractivity contribution in [3.05, 3.63) is 65.2 Å². The SMILES string of the molecule is CC(C)c1ccc(C[C@H](Oc2ccccc2C(C)(C)C)C(=O)O)cc1. The second-order valence-corrected chi connectivity index (χ2v) is 7.79. The molecule has 0 aliphatic heterocycles. The quantitative estimate of drug-likeness (QED) is 0.788. The van der Waals surface area contributed by atoms with Crippen molar-refractivity contribution in [2.24, 2.45) is 0 Å². The van der Waals surface area contributed by atoms with Crippen LogP contribution < -0.4 is 4.74 Å². The molecule has 134 valence electrons. The molecule has 3 nitrogen and oxygen atoms in total. The van der Waals surface area contributed by atoms with Crippen molar-refractivity contribution in [1.82, 2.24) is 0 Å². The second-order valence-electron chi connectivity index (χ2n) is 7.79. The summed E-state index contributed by atoms with van der Waals surface area (Å²) in [5.41, 5.74) is 3.11. The van der Waals surface area contributed by atoms with Crippen molar-refractivity contribution in [3.63, 3.8) is 0 Å². The monoisotopic (exact) mass is 340 g/mol. The van der Waals surface area contributed by atoms with Crippen LogP contribution in [0.15, 0.2) is 48.5 Å². The van der Waals surface area contributed by atoms with Crippen molar-refractivity contribution in [2.75, 3.05) is 0 Å². The van der Waals surface area contributed by atoms with Gasteiger partial charge in [0.15, 0.2) is 6.10 Å². The van der Waals surface area contributed by atoms with Gasteiger partial charge in [0.2, 0.25) is 0 Å². The number of benzene rings is 2. The lowest BCUT2D eigenvalue weighted by Crippen LogP contribution is -2.30. The van der Waals surface area contributed by atoms with E-state index in [9.17, 15) is 9.90 Å². The predicted octanol–water partition coefficient (Wildman–Crippen LogP) is 5.18. The van der Waals surface area contributed by atoms with Crippen LogP contribution in [0.25, 0.3) is 0 Å². The second kappa shape index (κ2) is 7.73. The number of hydrogen-bond acceptors (Lipinski definition) is 2. The van der Waals surface area contributed by atoms with E-state index in [-0.39, 0.29) is 5.41 Å². The Kier molecular flexibility index (Phi) is 5.89. The van der Waals surface area contributed by atoms with Gasteiger partial charge in [-0.3, -0.25) is 0 Å². The lowest BCUT2D eigenvalue weighted by Gasteiger charge is -2.25. The van der Waals surface area contributed by atoms with E-state index in [1.807, 2.05) is 36.4 Å². The summed E-state index contributed by atoms with van der Waals surface area (Å²) >= 11 is 0. The Balaban J connectivity index is 2.21. The fourth-order valence-electron chi connectivity index (χ4n) is 2.77. The highest BCUT2D eigenvalue weighted by molar-refractivity contribution is 5.73. The van der Waals surface area contributed by atoms with Gasteiger partial charge in [-0.1, -0.05) is 77.1 Å². The number of rotatable bonds is 6. The molecule has 0 saturated heterocycles. The van der Waals surface area contributed by atoms with Gasteiger partial charge in [-0.15, -0.1) is 0 Å². The van der Waals surface area contributed by atoms with Gasteiger partial charge in [0.05, 0.1) is 0 Å². The van der Waals surface area contributed by atoms with E-state index in [4.69, 9.17) is 4.74 Å². The lowest BCUT2D eigenvalue weighted by atomic mass is 9.86. The van der Waals surface area contributed by atoms with E-state index >= 15 is 0 Å². The maximum Gasteiger partial charge on any atom is 0.345 e. The molecule has 2 aromatic rings. The Bertz CT molecular complexity index is 709. The zero-order valence-corrected chi connectivity index (χ0v) is 15.7. The van der Waals surface area contributed by atoms with Gasteiger partial charge in [-0.2, -0.15) is 0 Å². The summed E-state index contributed by atoms with van der Waals surface area (Å²) < 4.78 is 5.92. The number of carbonyl (C=O) groups is 1. The van der Waals surface area contributed by atoms with Crippen LogP contribution in [0.3, 0.4) is 0 Å². The smallest absolute Gasteiger partial charge is 0.345 e. The largest absolute Gasteiger partial charge is 0.478 e. The Morgan fingerprint density at radius 2 is 1.64 bits per heavy atom. The Morgan fingerprint density at radius 3 is 2.16 bits per heavy atom. The molecule has 1 N–H and O–H groups in total. The molecule has 0 heterocycles. The summed E-state index contributed by atoms with van der Waals surface area (Å²) in [7, 11) is 0. The average molecular weight is 340 g/mol. The molecule has 1 atom stereocenters. The van der Waals surface area contributed by atoms with E-state index in [1.54, 1.807) is 0 Å². The molecule has 0 unspecified atom stereocenters. The molecule has 0 aromatic heterocycles. The van der Waals surface area contributed by atoms with E-state index in [2.05, 4.69) is 46.8 Å². The van der Waals surface area contributed by atoms with Crippen molar-refractivity contribution >= 4 is 5.97 Å². The van der Waals surface area contributed by atoms with E-state index in [1.165, 1.54) is 5.56 Å². The van der Waals surface area contributed by atoms with Crippen LogP contribution in [0.4, 0.5) is 0 Å². The Hall–Kier alpha value is -2.29. The molecule has 0 bridgehead atoms. The van der Waals surface area contributed by atoms with Gasteiger partial charge in [-0.25, -0.2) is 4.79 Å². The predicted molar refractivity (Wildman–Crippen MR) is 101 cm³/mol. The molecular weight excluding hydrogens is 312 g/mol. The number of carboxylic acid groups (broad SMARTS) is 1. The van der Waals surface area contributed by atoms with Crippen LogP contribution in [-0.4, -0.2) is 17.2 Å². The standard InChI is InChI=1S/C22H28O3/c1-15(2)17-12-10-16(11-13-17)14-20(21(23)24)25-19-9-7-6-8-18(19)22(3,4)5/h6-13,15,20H,14H2,1-5H3,(H,23,24)/t20-/m0/s1. The minimum Gasteiger partial charge on any atom is -0.478 e. The number of carboxylic acids is 1. The van der Waals surface area contributed by atoms with Gasteiger partial charge in [-0.05, 0) is 34.1 Å². The van der Waals surface area contributed by atoms with Crippen LogP contribution in [0.5, 0.6) is 5.75 Å². The first-order chi connectivity index (χ1) is 11.7. The fraction of sp³-hybridized carbons (Fsp3) is 0.409. The average Bonchev–Trinajstić information content (AvgIpc) is 2.54. The van der Waals surface area contributed by atoms with Gasteiger partial charge in [0.25, 0.3) is 0 Å². The van der Waals surface area contributed by atoms with Gasteiger partial charge < -0.3 is 9.84 Å². The molecule has 25 heavy (non-hydrogen) atoms. The zero-order valence-electron chi connectivity index (χ0n) is 15.7.